The molecule has 1 heteroatoms. The van der Waals surface area contributed by atoms with Crippen LogP contribution in [0.5, 0.6) is 0 Å². The molecule has 1 heterocycles. The lowest BCUT2D eigenvalue weighted by molar-refractivity contribution is 0.457. The van der Waals surface area contributed by atoms with E-state index in [1.807, 2.05) is 13.8 Å². The molecular weight excluding hydrogens is 134 g/mol. The number of piperidine rings is 1. The predicted molar refractivity (Wildman–Crippen MR) is 51.8 cm³/mol. The van der Waals surface area contributed by atoms with Gasteiger partial charge in [-0.25, -0.2) is 0 Å². The van der Waals surface area contributed by atoms with Gasteiger partial charge in [0, 0.05) is 6.54 Å². The zero-order chi connectivity index (χ0) is 8.69. The molecule has 0 aromatic heterocycles. The Morgan fingerprint density at radius 1 is 1.55 bits per heavy atom. The van der Waals surface area contributed by atoms with Gasteiger partial charge in [0.1, 0.15) is 0 Å². The van der Waals surface area contributed by atoms with Gasteiger partial charge in [0.05, 0.1) is 0 Å². The number of nitrogens with one attached hydrogen (secondary N) is 1. The maximum absolute atomic E-state index is 4.00. The van der Waals surface area contributed by atoms with Gasteiger partial charge < -0.3 is 5.32 Å². The summed E-state index contributed by atoms with van der Waals surface area (Å²) in [5.74, 6) is 0.797. The molecule has 1 N–H and O–H groups in total. The second-order valence-electron chi connectivity index (χ2n) is 2.73. The Morgan fingerprint density at radius 2 is 2.18 bits per heavy atom. The molecule has 1 saturated heterocycles. The van der Waals surface area contributed by atoms with Crippen molar-refractivity contribution in [2.75, 3.05) is 13.1 Å². The normalized spacial score (nSPS) is 23.9. The summed E-state index contributed by atoms with van der Waals surface area (Å²) in [6.45, 7) is 12.5. The molecule has 0 aromatic rings. The fraction of sp³-hybridized carbons (Fsp3) is 0.800. The minimum Gasteiger partial charge on any atom is -0.313 e. The highest BCUT2D eigenvalue weighted by molar-refractivity contribution is 5.05. The summed E-state index contributed by atoms with van der Waals surface area (Å²) in [7, 11) is 0. The molecule has 1 atom stereocenters. The first kappa shape index (κ1) is 10.7. The molecule has 0 saturated carbocycles. The Morgan fingerprint density at radius 3 is 2.55 bits per heavy atom. The van der Waals surface area contributed by atoms with Gasteiger partial charge in [0.25, 0.3) is 0 Å². The lowest BCUT2D eigenvalue weighted by atomic mass is 9.91. The van der Waals surface area contributed by atoms with E-state index in [1.54, 1.807) is 0 Å². The number of hydrogen-bond acceptors (Lipinski definition) is 1. The van der Waals surface area contributed by atoms with Crippen LogP contribution in [0.4, 0.5) is 0 Å². The van der Waals surface area contributed by atoms with E-state index < -0.39 is 0 Å². The van der Waals surface area contributed by atoms with E-state index in [1.165, 1.54) is 25.0 Å². The Hall–Kier alpha value is -0.300. The fourth-order valence-corrected chi connectivity index (χ4v) is 1.37. The monoisotopic (exact) mass is 155 g/mol. The third-order valence-electron chi connectivity index (χ3n) is 2.09. The van der Waals surface area contributed by atoms with Gasteiger partial charge in [0.15, 0.2) is 0 Å². The topological polar surface area (TPSA) is 12.0 Å². The largest absolute Gasteiger partial charge is 0.313 e. The highest BCUT2D eigenvalue weighted by atomic mass is 14.9. The summed E-state index contributed by atoms with van der Waals surface area (Å²) in [4.78, 5) is 0. The molecule has 0 bridgehead atoms. The molecule has 0 aromatic carbocycles. The third-order valence-corrected chi connectivity index (χ3v) is 2.09. The average molecular weight is 155 g/mol. The molecule has 1 aliphatic heterocycles. The van der Waals surface area contributed by atoms with Crippen molar-refractivity contribution in [2.24, 2.45) is 5.92 Å². The van der Waals surface area contributed by atoms with Gasteiger partial charge in [-0.3, -0.25) is 0 Å². The molecule has 11 heavy (non-hydrogen) atoms. The summed E-state index contributed by atoms with van der Waals surface area (Å²) in [5.41, 5.74) is 1.39. The minimum absolute atomic E-state index is 0.797. The third kappa shape index (κ3) is 3.57. The van der Waals surface area contributed by atoms with Gasteiger partial charge >= 0.3 is 0 Å². The van der Waals surface area contributed by atoms with Gasteiger partial charge in [-0.1, -0.05) is 32.9 Å². The zero-order valence-electron chi connectivity index (χ0n) is 8.11. The molecule has 66 valence electrons. The van der Waals surface area contributed by atoms with Gasteiger partial charge in [0.2, 0.25) is 0 Å². The lowest BCUT2D eigenvalue weighted by Crippen LogP contribution is -2.29. The standard InChI is InChI=1S/C8H15N.C2H6/c1-3-8-4-5-9-6-7(8)2;1-2/h8-9H,2-6H2,1H3;1-2H3. The molecule has 1 aliphatic rings. The Kier molecular flexibility index (Phi) is 6.24. The first-order valence-electron chi connectivity index (χ1n) is 4.73. The Labute approximate surface area is 70.9 Å². The fourth-order valence-electron chi connectivity index (χ4n) is 1.37. The van der Waals surface area contributed by atoms with E-state index in [0.717, 1.165) is 12.5 Å². The van der Waals surface area contributed by atoms with Crippen molar-refractivity contribution in [3.05, 3.63) is 12.2 Å². The number of rotatable bonds is 1. The van der Waals surface area contributed by atoms with Crippen molar-refractivity contribution < 1.29 is 0 Å². The SMILES string of the molecule is C=C1CNCCC1CC.CC. The highest BCUT2D eigenvalue weighted by Gasteiger charge is 2.13. The average Bonchev–Trinajstić information content (AvgIpc) is 2.09. The molecule has 1 fully saturated rings. The van der Waals surface area contributed by atoms with Gasteiger partial charge in [-0.2, -0.15) is 0 Å². The maximum atomic E-state index is 4.00. The molecule has 0 amide bonds. The van der Waals surface area contributed by atoms with Gasteiger partial charge in [-0.05, 0) is 25.3 Å². The van der Waals surface area contributed by atoms with E-state index in [4.69, 9.17) is 0 Å². The van der Waals surface area contributed by atoms with Crippen molar-refractivity contribution in [1.29, 1.82) is 0 Å². The van der Waals surface area contributed by atoms with Crippen LogP contribution in [0.2, 0.25) is 0 Å². The van der Waals surface area contributed by atoms with E-state index >= 15 is 0 Å². The van der Waals surface area contributed by atoms with E-state index in [9.17, 15) is 0 Å². The molecule has 1 nitrogen and oxygen atoms in total. The summed E-state index contributed by atoms with van der Waals surface area (Å²) < 4.78 is 0. The summed E-state index contributed by atoms with van der Waals surface area (Å²) >= 11 is 0. The smallest absolute Gasteiger partial charge is 0.0164 e. The molecular formula is C10H21N. The maximum Gasteiger partial charge on any atom is 0.0164 e. The molecule has 0 aliphatic carbocycles. The molecule has 0 radical (unpaired) electrons. The Bertz CT molecular complexity index is 107. The lowest BCUT2D eigenvalue weighted by Gasteiger charge is -2.23. The number of hydrogen-bond donors (Lipinski definition) is 1. The van der Waals surface area contributed by atoms with Crippen LogP contribution in [-0.2, 0) is 0 Å². The highest BCUT2D eigenvalue weighted by Crippen LogP contribution is 2.18. The van der Waals surface area contributed by atoms with E-state index in [2.05, 4.69) is 18.8 Å². The Balaban J connectivity index is 0.000000461. The summed E-state index contributed by atoms with van der Waals surface area (Å²) in [6, 6.07) is 0. The van der Waals surface area contributed by atoms with Crippen LogP contribution in [-0.4, -0.2) is 13.1 Å². The van der Waals surface area contributed by atoms with Crippen LogP contribution >= 0.6 is 0 Å². The second kappa shape index (κ2) is 6.41. The van der Waals surface area contributed by atoms with Crippen LogP contribution in [0.1, 0.15) is 33.6 Å². The first-order valence-corrected chi connectivity index (χ1v) is 4.73. The van der Waals surface area contributed by atoms with Crippen molar-refractivity contribution in [2.45, 2.75) is 33.6 Å². The second-order valence-corrected chi connectivity index (χ2v) is 2.73. The molecule has 1 rings (SSSR count). The summed E-state index contributed by atoms with van der Waals surface area (Å²) in [6.07, 6.45) is 2.55. The molecule has 1 unspecified atom stereocenters. The van der Waals surface area contributed by atoms with Crippen molar-refractivity contribution in [1.82, 2.24) is 5.32 Å². The van der Waals surface area contributed by atoms with Crippen LogP contribution in [0, 0.1) is 5.92 Å². The van der Waals surface area contributed by atoms with E-state index in [0.29, 0.717) is 0 Å². The predicted octanol–water partition coefficient (Wildman–Crippen LogP) is 2.59. The quantitative estimate of drug-likeness (QED) is 0.574. The zero-order valence-corrected chi connectivity index (χ0v) is 8.11. The summed E-state index contributed by atoms with van der Waals surface area (Å²) in [5, 5.41) is 3.30. The van der Waals surface area contributed by atoms with Crippen molar-refractivity contribution >= 4 is 0 Å². The van der Waals surface area contributed by atoms with Gasteiger partial charge in [-0.15, -0.1) is 0 Å². The van der Waals surface area contributed by atoms with Crippen LogP contribution in [0.15, 0.2) is 12.2 Å². The van der Waals surface area contributed by atoms with Crippen molar-refractivity contribution in [3.63, 3.8) is 0 Å². The van der Waals surface area contributed by atoms with E-state index in [-0.39, 0.29) is 0 Å². The minimum atomic E-state index is 0.797. The van der Waals surface area contributed by atoms with Crippen molar-refractivity contribution in [3.8, 4) is 0 Å². The molecule has 0 spiro atoms. The van der Waals surface area contributed by atoms with Crippen LogP contribution in [0.25, 0.3) is 0 Å². The van der Waals surface area contributed by atoms with Crippen LogP contribution < -0.4 is 5.32 Å². The first-order chi connectivity index (χ1) is 5.34. The van der Waals surface area contributed by atoms with Crippen LogP contribution in [0.3, 0.4) is 0 Å².